The van der Waals surface area contributed by atoms with Crippen LogP contribution in [0.4, 0.5) is 5.69 Å². The fraction of sp³-hybridized carbons (Fsp3) is 0.235. The molecular formula is C17H19ClN2O. The van der Waals surface area contributed by atoms with Crippen molar-refractivity contribution < 1.29 is 4.79 Å². The number of nitrogens with one attached hydrogen (secondary N) is 2. The summed E-state index contributed by atoms with van der Waals surface area (Å²) in [6.07, 6.45) is 0. The third kappa shape index (κ3) is 4.88. The van der Waals surface area contributed by atoms with Crippen LogP contribution in [0.15, 0.2) is 42.5 Å². The lowest BCUT2D eigenvalue weighted by Crippen LogP contribution is -2.27. The van der Waals surface area contributed by atoms with Gasteiger partial charge in [-0.3, -0.25) is 4.79 Å². The van der Waals surface area contributed by atoms with Crippen LogP contribution in [-0.4, -0.2) is 12.5 Å². The molecule has 2 N–H and O–H groups in total. The highest BCUT2D eigenvalue weighted by Gasteiger charge is 2.05. The Hall–Kier alpha value is -1.84. The van der Waals surface area contributed by atoms with Crippen LogP contribution in [0.5, 0.6) is 0 Å². The van der Waals surface area contributed by atoms with Crippen molar-refractivity contribution in [2.45, 2.75) is 20.4 Å². The van der Waals surface area contributed by atoms with Crippen molar-refractivity contribution in [1.29, 1.82) is 0 Å². The third-order valence-electron chi connectivity index (χ3n) is 3.21. The van der Waals surface area contributed by atoms with Crippen LogP contribution >= 0.6 is 11.6 Å². The van der Waals surface area contributed by atoms with E-state index >= 15 is 0 Å². The van der Waals surface area contributed by atoms with Crippen molar-refractivity contribution in [2.24, 2.45) is 0 Å². The Balaban J connectivity index is 1.82. The zero-order valence-corrected chi connectivity index (χ0v) is 13.0. The Morgan fingerprint density at radius 3 is 2.52 bits per heavy atom. The average Bonchev–Trinajstić information content (AvgIpc) is 2.45. The summed E-state index contributed by atoms with van der Waals surface area (Å²) in [5, 5.41) is 6.61. The highest BCUT2D eigenvalue weighted by Crippen LogP contribution is 2.19. The molecule has 0 unspecified atom stereocenters. The molecule has 0 radical (unpaired) electrons. The number of benzene rings is 2. The summed E-state index contributed by atoms with van der Waals surface area (Å²) >= 11 is 5.93. The predicted octanol–water partition coefficient (Wildman–Crippen LogP) is 3.69. The molecule has 3 nitrogen and oxygen atoms in total. The molecule has 0 saturated heterocycles. The first kappa shape index (κ1) is 15.5. The second-order valence-electron chi connectivity index (χ2n) is 5.10. The van der Waals surface area contributed by atoms with E-state index in [9.17, 15) is 4.79 Å². The topological polar surface area (TPSA) is 41.1 Å². The fourth-order valence-electron chi connectivity index (χ4n) is 1.95. The molecule has 0 atom stereocenters. The maximum atomic E-state index is 11.9. The van der Waals surface area contributed by atoms with Crippen LogP contribution in [0.25, 0.3) is 0 Å². The highest BCUT2D eigenvalue weighted by atomic mass is 35.5. The molecule has 110 valence electrons. The van der Waals surface area contributed by atoms with E-state index in [0.29, 0.717) is 11.6 Å². The van der Waals surface area contributed by atoms with Gasteiger partial charge in [-0.25, -0.2) is 0 Å². The second kappa shape index (κ2) is 7.25. The molecular weight excluding hydrogens is 284 g/mol. The predicted molar refractivity (Wildman–Crippen MR) is 87.7 cm³/mol. The number of aryl methyl sites for hydroxylation is 2. The Kier molecular flexibility index (Phi) is 5.37. The van der Waals surface area contributed by atoms with Crippen molar-refractivity contribution in [3.63, 3.8) is 0 Å². The molecule has 0 saturated carbocycles. The van der Waals surface area contributed by atoms with Crippen LogP contribution in [0.3, 0.4) is 0 Å². The number of hydrogen-bond donors (Lipinski definition) is 2. The smallest absolute Gasteiger partial charge is 0.238 e. The standard InChI is InChI=1S/C17H19ClN2O/c1-12-3-6-14(7-4-12)10-19-11-17(21)20-16-9-15(18)8-5-13(16)2/h3-9,19H,10-11H2,1-2H3,(H,20,21). The van der Waals surface area contributed by atoms with Gasteiger partial charge in [-0.1, -0.05) is 47.5 Å². The summed E-state index contributed by atoms with van der Waals surface area (Å²) in [7, 11) is 0. The molecule has 4 heteroatoms. The van der Waals surface area contributed by atoms with Crippen LogP contribution in [0.1, 0.15) is 16.7 Å². The largest absolute Gasteiger partial charge is 0.325 e. The number of carbonyl (C=O) groups is 1. The molecule has 2 rings (SSSR count). The fourth-order valence-corrected chi connectivity index (χ4v) is 2.12. The average molecular weight is 303 g/mol. The van der Waals surface area contributed by atoms with Gasteiger partial charge in [0.2, 0.25) is 5.91 Å². The van der Waals surface area contributed by atoms with Crippen molar-refractivity contribution >= 4 is 23.2 Å². The summed E-state index contributed by atoms with van der Waals surface area (Å²) in [5.41, 5.74) is 4.14. The second-order valence-corrected chi connectivity index (χ2v) is 5.53. The lowest BCUT2D eigenvalue weighted by atomic mass is 10.1. The van der Waals surface area contributed by atoms with E-state index in [-0.39, 0.29) is 12.5 Å². The van der Waals surface area contributed by atoms with Gasteiger partial charge in [0, 0.05) is 17.3 Å². The number of hydrogen-bond acceptors (Lipinski definition) is 2. The van der Waals surface area contributed by atoms with E-state index in [4.69, 9.17) is 11.6 Å². The molecule has 2 aromatic rings. The molecule has 0 heterocycles. The number of amides is 1. The number of halogens is 1. The molecule has 0 spiro atoms. The van der Waals surface area contributed by atoms with Crippen LogP contribution in [-0.2, 0) is 11.3 Å². The maximum absolute atomic E-state index is 11.9. The molecule has 21 heavy (non-hydrogen) atoms. The Morgan fingerprint density at radius 2 is 1.81 bits per heavy atom. The molecule has 0 aliphatic carbocycles. The van der Waals surface area contributed by atoms with Gasteiger partial charge in [-0.15, -0.1) is 0 Å². The summed E-state index contributed by atoms with van der Waals surface area (Å²) in [5.74, 6) is -0.0764. The van der Waals surface area contributed by atoms with Gasteiger partial charge in [0.05, 0.1) is 6.54 Å². The quantitative estimate of drug-likeness (QED) is 0.884. The third-order valence-corrected chi connectivity index (χ3v) is 3.44. The van der Waals surface area contributed by atoms with Gasteiger partial charge < -0.3 is 10.6 Å². The van der Waals surface area contributed by atoms with Gasteiger partial charge in [-0.05, 0) is 37.1 Å². The minimum atomic E-state index is -0.0764. The number of anilines is 1. The molecule has 1 amide bonds. The van der Waals surface area contributed by atoms with Crippen LogP contribution in [0.2, 0.25) is 5.02 Å². The summed E-state index contributed by atoms with van der Waals surface area (Å²) in [4.78, 5) is 11.9. The molecule has 0 aromatic heterocycles. The molecule has 0 fully saturated rings. The van der Waals surface area contributed by atoms with Gasteiger partial charge in [-0.2, -0.15) is 0 Å². The first-order chi connectivity index (χ1) is 10.0. The Bertz CT molecular complexity index is 623. The van der Waals surface area contributed by atoms with Gasteiger partial charge in [0.25, 0.3) is 0 Å². The zero-order valence-electron chi connectivity index (χ0n) is 12.2. The van der Waals surface area contributed by atoms with Gasteiger partial charge >= 0.3 is 0 Å². The van der Waals surface area contributed by atoms with E-state index in [2.05, 4.69) is 41.8 Å². The van der Waals surface area contributed by atoms with E-state index < -0.39 is 0 Å². The SMILES string of the molecule is Cc1ccc(CNCC(=O)Nc2cc(Cl)ccc2C)cc1. The summed E-state index contributed by atoms with van der Waals surface area (Å²) in [6.45, 7) is 4.92. The highest BCUT2D eigenvalue weighted by molar-refractivity contribution is 6.31. The first-order valence-corrected chi connectivity index (χ1v) is 7.24. The Labute approximate surface area is 130 Å². The van der Waals surface area contributed by atoms with Crippen molar-refractivity contribution in [1.82, 2.24) is 5.32 Å². The van der Waals surface area contributed by atoms with E-state index in [1.807, 2.05) is 19.1 Å². The molecule has 2 aromatic carbocycles. The first-order valence-electron chi connectivity index (χ1n) is 6.87. The minimum Gasteiger partial charge on any atom is -0.325 e. The summed E-state index contributed by atoms with van der Waals surface area (Å²) < 4.78 is 0. The van der Waals surface area contributed by atoms with E-state index in [1.165, 1.54) is 5.56 Å². The molecule has 0 aliphatic rings. The number of carbonyl (C=O) groups excluding carboxylic acids is 1. The summed E-state index contributed by atoms with van der Waals surface area (Å²) in [6, 6.07) is 13.7. The van der Waals surface area contributed by atoms with Crippen LogP contribution in [0, 0.1) is 13.8 Å². The van der Waals surface area contributed by atoms with Crippen molar-refractivity contribution in [3.8, 4) is 0 Å². The van der Waals surface area contributed by atoms with E-state index in [0.717, 1.165) is 16.8 Å². The van der Waals surface area contributed by atoms with Crippen LogP contribution < -0.4 is 10.6 Å². The van der Waals surface area contributed by atoms with E-state index in [1.54, 1.807) is 6.07 Å². The molecule has 0 aliphatic heterocycles. The van der Waals surface area contributed by atoms with Crippen molar-refractivity contribution in [2.75, 3.05) is 11.9 Å². The van der Waals surface area contributed by atoms with Gasteiger partial charge in [0.15, 0.2) is 0 Å². The lowest BCUT2D eigenvalue weighted by molar-refractivity contribution is -0.115. The maximum Gasteiger partial charge on any atom is 0.238 e. The Morgan fingerprint density at radius 1 is 1.10 bits per heavy atom. The minimum absolute atomic E-state index is 0.0764. The lowest BCUT2D eigenvalue weighted by Gasteiger charge is -2.10. The normalized spacial score (nSPS) is 10.4. The van der Waals surface area contributed by atoms with Gasteiger partial charge in [0.1, 0.15) is 0 Å². The monoisotopic (exact) mass is 302 g/mol. The zero-order chi connectivity index (χ0) is 15.2. The van der Waals surface area contributed by atoms with Crippen molar-refractivity contribution in [3.05, 3.63) is 64.2 Å². The molecule has 0 bridgehead atoms. The number of rotatable bonds is 5.